The summed E-state index contributed by atoms with van der Waals surface area (Å²) in [6, 6.07) is 9.14. The molecule has 2 rings (SSSR count). The van der Waals surface area contributed by atoms with E-state index in [0.29, 0.717) is 25.2 Å². The minimum absolute atomic E-state index is 0.0196. The van der Waals surface area contributed by atoms with Gasteiger partial charge in [0.05, 0.1) is 6.04 Å². The highest BCUT2D eigenvalue weighted by Gasteiger charge is 2.27. The molecule has 8 nitrogen and oxygen atoms in total. The smallest absolute Gasteiger partial charge is 0.407 e. The van der Waals surface area contributed by atoms with Gasteiger partial charge >= 0.3 is 6.09 Å². The van der Waals surface area contributed by atoms with Crippen LogP contribution in [0.4, 0.5) is 4.79 Å². The van der Waals surface area contributed by atoms with Gasteiger partial charge in [-0.3, -0.25) is 9.79 Å². The average Bonchev–Trinajstić information content (AvgIpc) is 3.08. The third-order valence-corrected chi connectivity index (χ3v) is 4.15. The first kappa shape index (κ1) is 21.5. The summed E-state index contributed by atoms with van der Waals surface area (Å²) in [4.78, 5) is 30.3. The van der Waals surface area contributed by atoms with Crippen molar-refractivity contribution >= 4 is 18.0 Å². The number of nitrogens with one attached hydrogen (secondary N) is 3. The number of likely N-dealkylation sites (tertiary alicyclic amines) is 1. The minimum Gasteiger partial charge on any atom is -0.444 e. The SMILES string of the molecule is CN=C(NCCNC(=O)c1ccccc1)N1CCC(NC(=O)OC(C)(C)C)C1. The summed E-state index contributed by atoms with van der Waals surface area (Å²) < 4.78 is 5.31. The van der Waals surface area contributed by atoms with Crippen LogP contribution in [0, 0.1) is 0 Å². The molecule has 2 amide bonds. The summed E-state index contributed by atoms with van der Waals surface area (Å²) in [7, 11) is 1.72. The third kappa shape index (κ3) is 7.09. The number of alkyl carbamates (subject to hydrolysis) is 1. The van der Waals surface area contributed by atoms with Gasteiger partial charge in [-0.15, -0.1) is 0 Å². The summed E-state index contributed by atoms with van der Waals surface area (Å²) >= 11 is 0. The quantitative estimate of drug-likeness (QED) is 0.404. The number of benzene rings is 1. The second-order valence-electron chi connectivity index (χ2n) is 7.67. The van der Waals surface area contributed by atoms with Crippen molar-refractivity contribution in [1.82, 2.24) is 20.9 Å². The van der Waals surface area contributed by atoms with E-state index < -0.39 is 11.7 Å². The fourth-order valence-electron chi connectivity index (χ4n) is 2.92. The first-order valence-corrected chi connectivity index (χ1v) is 9.57. The molecule has 1 aromatic rings. The predicted molar refractivity (Wildman–Crippen MR) is 109 cm³/mol. The van der Waals surface area contributed by atoms with Gasteiger partial charge in [0.15, 0.2) is 5.96 Å². The van der Waals surface area contributed by atoms with Crippen molar-refractivity contribution in [2.45, 2.75) is 38.8 Å². The lowest BCUT2D eigenvalue weighted by atomic mass is 10.2. The zero-order valence-electron chi connectivity index (χ0n) is 17.1. The lowest BCUT2D eigenvalue weighted by molar-refractivity contribution is 0.0507. The van der Waals surface area contributed by atoms with E-state index in [4.69, 9.17) is 4.74 Å². The second-order valence-corrected chi connectivity index (χ2v) is 7.67. The minimum atomic E-state index is -0.510. The standard InChI is InChI=1S/C20H31N5O3/c1-20(2,3)28-19(27)24-16-10-13-25(14-16)18(21-4)23-12-11-22-17(26)15-8-6-5-7-9-15/h5-9,16H,10-14H2,1-4H3,(H,21,23)(H,22,26)(H,24,27). The Kier molecular flexibility index (Phi) is 7.66. The number of nitrogens with zero attached hydrogens (tertiary/aromatic N) is 2. The molecule has 0 saturated carbocycles. The second kappa shape index (κ2) is 9.96. The van der Waals surface area contributed by atoms with Crippen LogP contribution in [-0.4, -0.2) is 67.7 Å². The van der Waals surface area contributed by atoms with Gasteiger partial charge in [-0.05, 0) is 39.3 Å². The van der Waals surface area contributed by atoms with Crippen LogP contribution in [0.1, 0.15) is 37.6 Å². The molecule has 0 aliphatic carbocycles. The molecule has 0 radical (unpaired) electrons. The summed E-state index contributed by atoms with van der Waals surface area (Å²) in [6.07, 6.45) is 0.427. The van der Waals surface area contributed by atoms with Gasteiger partial charge in [-0.1, -0.05) is 18.2 Å². The summed E-state index contributed by atoms with van der Waals surface area (Å²) in [5.74, 6) is 0.655. The van der Waals surface area contributed by atoms with Crippen molar-refractivity contribution in [1.29, 1.82) is 0 Å². The summed E-state index contributed by atoms with van der Waals surface area (Å²) in [5, 5.41) is 9.03. The Labute approximate surface area is 166 Å². The van der Waals surface area contributed by atoms with Gasteiger partial charge in [-0.2, -0.15) is 0 Å². The van der Waals surface area contributed by atoms with Crippen molar-refractivity contribution < 1.29 is 14.3 Å². The van der Waals surface area contributed by atoms with Crippen LogP contribution in [0.5, 0.6) is 0 Å². The largest absolute Gasteiger partial charge is 0.444 e. The molecular weight excluding hydrogens is 358 g/mol. The van der Waals surface area contributed by atoms with E-state index in [1.54, 1.807) is 19.2 Å². The Morgan fingerprint density at radius 1 is 1.18 bits per heavy atom. The highest BCUT2D eigenvalue weighted by Crippen LogP contribution is 2.11. The fraction of sp³-hybridized carbons (Fsp3) is 0.550. The first-order chi connectivity index (χ1) is 13.3. The van der Waals surface area contributed by atoms with Crippen LogP contribution in [0.2, 0.25) is 0 Å². The van der Waals surface area contributed by atoms with Gasteiger partial charge < -0.3 is 25.6 Å². The van der Waals surface area contributed by atoms with Gasteiger partial charge in [0.25, 0.3) is 5.91 Å². The van der Waals surface area contributed by atoms with Crippen LogP contribution in [0.3, 0.4) is 0 Å². The lowest BCUT2D eigenvalue weighted by Crippen LogP contribution is -2.45. The molecule has 0 spiro atoms. The highest BCUT2D eigenvalue weighted by molar-refractivity contribution is 5.94. The van der Waals surface area contributed by atoms with Crippen LogP contribution >= 0.6 is 0 Å². The lowest BCUT2D eigenvalue weighted by Gasteiger charge is -2.23. The van der Waals surface area contributed by atoms with Gasteiger partial charge in [0.2, 0.25) is 0 Å². The number of carbonyl (C=O) groups excluding carboxylic acids is 2. The normalized spacial score (nSPS) is 17.2. The van der Waals surface area contributed by atoms with Crippen molar-refractivity contribution in [3.8, 4) is 0 Å². The number of hydrogen-bond donors (Lipinski definition) is 3. The Balaban J connectivity index is 1.71. The van der Waals surface area contributed by atoms with Crippen molar-refractivity contribution in [2.24, 2.45) is 4.99 Å². The van der Waals surface area contributed by atoms with Crippen LogP contribution in [-0.2, 0) is 4.74 Å². The van der Waals surface area contributed by atoms with E-state index in [2.05, 4.69) is 25.8 Å². The maximum atomic E-state index is 12.0. The number of rotatable bonds is 5. The van der Waals surface area contributed by atoms with E-state index >= 15 is 0 Å². The zero-order chi connectivity index (χ0) is 20.6. The molecule has 154 valence electrons. The van der Waals surface area contributed by atoms with E-state index in [0.717, 1.165) is 18.9 Å². The Hall–Kier alpha value is -2.77. The number of hydrogen-bond acceptors (Lipinski definition) is 4. The molecule has 3 N–H and O–H groups in total. The monoisotopic (exact) mass is 389 g/mol. The van der Waals surface area contributed by atoms with Crippen LogP contribution < -0.4 is 16.0 Å². The Bertz CT molecular complexity index is 685. The summed E-state index contributed by atoms with van der Waals surface area (Å²) in [5.41, 5.74) is 0.131. The number of guanidine groups is 1. The highest BCUT2D eigenvalue weighted by atomic mass is 16.6. The number of aliphatic imine (C=N–C) groups is 1. The molecule has 8 heteroatoms. The fourth-order valence-corrected chi connectivity index (χ4v) is 2.92. The molecule has 1 atom stereocenters. The van der Waals surface area contributed by atoms with E-state index in [-0.39, 0.29) is 11.9 Å². The Morgan fingerprint density at radius 2 is 1.86 bits per heavy atom. The molecule has 1 heterocycles. The molecule has 1 aromatic carbocycles. The van der Waals surface area contributed by atoms with Crippen LogP contribution in [0.25, 0.3) is 0 Å². The van der Waals surface area contributed by atoms with Gasteiger partial charge in [0, 0.05) is 38.8 Å². The molecule has 1 aliphatic heterocycles. The molecule has 1 fully saturated rings. The maximum absolute atomic E-state index is 12.0. The van der Waals surface area contributed by atoms with E-state index in [1.165, 1.54) is 0 Å². The Morgan fingerprint density at radius 3 is 2.50 bits per heavy atom. The topological polar surface area (TPSA) is 95.1 Å². The van der Waals surface area contributed by atoms with Gasteiger partial charge in [0.1, 0.15) is 5.60 Å². The molecule has 1 saturated heterocycles. The predicted octanol–water partition coefficient (Wildman–Crippen LogP) is 1.59. The first-order valence-electron chi connectivity index (χ1n) is 9.57. The molecule has 1 aliphatic rings. The molecular formula is C20H31N5O3. The van der Waals surface area contributed by atoms with Crippen molar-refractivity contribution in [2.75, 3.05) is 33.2 Å². The molecule has 0 bridgehead atoms. The number of carbonyl (C=O) groups is 2. The van der Waals surface area contributed by atoms with Gasteiger partial charge in [-0.25, -0.2) is 4.79 Å². The van der Waals surface area contributed by atoms with Crippen LogP contribution in [0.15, 0.2) is 35.3 Å². The van der Waals surface area contributed by atoms with Crippen molar-refractivity contribution in [3.63, 3.8) is 0 Å². The van der Waals surface area contributed by atoms with E-state index in [1.807, 2.05) is 39.0 Å². The average molecular weight is 390 g/mol. The number of amides is 2. The molecule has 0 aromatic heterocycles. The van der Waals surface area contributed by atoms with Crippen molar-refractivity contribution in [3.05, 3.63) is 35.9 Å². The van der Waals surface area contributed by atoms with E-state index in [9.17, 15) is 9.59 Å². The number of ether oxygens (including phenoxy) is 1. The third-order valence-electron chi connectivity index (χ3n) is 4.15. The zero-order valence-corrected chi connectivity index (χ0v) is 17.1. The molecule has 1 unspecified atom stereocenters. The summed E-state index contributed by atoms with van der Waals surface area (Å²) in [6.45, 7) is 8.03. The molecule has 28 heavy (non-hydrogen) atoms. The maximum Gasteiger partial charge on any atom is 0.407 e.